The SMILES string of the molecule is O=C(C(O)c1ccccc1)[C@H]1O[C@@H](Oc2ccc(O)cc2CO)[C@H](O)[C@@H](O)[C@@H]1O. The quantitative estimate of drug-likeness (QED) is 0.368. The van der Waals surface area contributed by atoms with Crippen LogP contribution in [0.2, 0.25) is 0 Å². The van der Waals surface area contributed by atoms with Crippen LogP contribution in [0.15, 0.2) is 48.5 Å². The number of phenolic OH excluding ortho intramolecular Hbond substituents is 1. The number of aromatic hydroxyl groups is 1. The lowest BCUT2D eigenvalue weighted by Gasteiger charge is -2.40. The molecule has 1 saturated heterocycles. The Morgan fingerprint density at radius 1 is 1.03 bits per heavy atom. The molecule has 9 nitrogen and oxygen atoms in total. The number of hydrogen-bond donors (Lipinski definition) is 6. The largest absolute Gasteiger partial charge is 0.508 e. The molecule has 0 aromatic heterocycles. The van der Waals surface area contributed by atoms with Gasteiger partial charge in [0.25, 0.3) is 0 Å². The summed E-state index contributed by atoms with van der Waals surface area (Å²) >= 11 is 0. The highest BCUT2D eigenvalue weighted by Crippen LogP contribution is 2.30. The van der Waals surface area contributed by atoms with E-state index < -0.39 is 49.2 Å². The van der Waals surface area contributed by atoms with Crippen LogP contribution < -0.4 is 4.74 Å². The fraction of sp³-hybridized carbons (Fsp3) is 0.350. The second kappa shape index (κ2) is 8.87. The van der Waals surface area contributed by atoms with E-state index in [1.165, 1.54) is 30.3 Å². The standard InChI is InChI=1S/C20H22O9/c21-9-11-8-12(22)6-7-13(11)28-20-18(27)15(24)17(26)19(29-20)16(25)14(23)10-4-2-1-3-5-10/h1-8,14-15,17-24,26-27H,9H2/t14?,15-,17-,18+,19+,20+/m0/s1. The first-order valence-electron chi connectivity index (χ1n) is 8.89. The second-order valence-electron chi connectivity index (χ2n) is 6.68. The highest BCUT2D eigenvalue weighted by Gasteiger charge is 2.49. The summed E-state index contributed by atoms with van der Waals surface area (Å²) in [7, 11) is 0. The van der Waals surface area contributed by atoms with Gasteiger partial charge in [-0.1, -0.05) is 30.3 Å². The highest BCUT2D eigenvalue weighted by atomic mass is 16.7. The fourth-order valence-corrected chi connectivity index (χ4v) is 3.07. The number of carbonyl (C=O) groups is 1. The number of Topliss-reactive ketones (excluding diaryl/α,β-unsaturated/α-hetero) is 1. The topological polar surface area (TPSA) is 157 Å². The van der Waals surface area contributed by atoms with Gasteiger partial charge in [0.15, 0.2) is 11.9 Å². The van der Waals surface area contributed by atoms with Crippen molar-refractivity contribution in [3.8, 4) is 11.5 Å². The van der Waals surface area contributed by atoms with Gasteiger partial charge in [0.1, 0.15) is 35.9 Å². The molecule has 0 saturated carbocycles. The van der Waals surface area contributed by atoms with E-state index >= 15 is 0 Å². The number of hydrogen-bond acceptors (Lipinski definition) is 9. The van der Waals surface area contributed by atoms with Crippen molar-refractivity contribution in [2.24, 2.45) is 0 Å². The Morgan fingerprint density at radius 3 is 2.38 bits per heavy atom. The van der Waals surface area contributed by atoms with Crippen LogP contribution in [0.1, 0.15) is 17.2 Å². The molecule has 2 aromatic carbocycles. The van der Waals surface area contributed by atoms with Crippen LogP contribution >= 0.6 is 0 Å². The molecule has 1 aliphatic rings. The van der Waals surface area contributed by atoms with Crippen LogP contribution in [0, 0.1) is 0 Å². The summed E-state index contributed by atoms with van der Waals surface area (Å²) in [6, 6.07) is 11.8. The Labute approximate surface area is 166 Å². The molecular weight excluding hydrogens is 384 g/mol. The van der Waals surface area contributed by atoms with Crippen molar-refractivity contribution >= 4 is 5.78 Å². The van der Waals surface area contributed by atoms with Crippen molar-refractivity contribution in [3.05, 3.63) is 59.7 Å². The van der Waals surface area contributed by atoms with Gasteiger partial charge in [0.2, 0.25) is 6.29 Å². The molecule has 29 heavy (non-hydrogen) atoms. The van der Waals surface area contributed by atoms with Gasteiger partial charge >= 0.3 is 0 Å². The first-order valence-corrected chi connectivity index (χ1v) is 8.89. The van der Waals surface area contributed by atoms with E-state index in [2.05, 4.69) is 0 Å². The van der Waals surface area contributed by atoms with E-state index in [0.29, 0.717) is 0 Å². The highest BCUT2D eigenvalue weighted by molar-refractivity contribution is 5.89. The van der Waals surface area contributed by atoms with Crippen molar-refractivity contribution < 1.29 is 44.9 Å². The molecule has 2 aromatic rings. The molecule has 1 unspecified atom stereocenters. The maximum atomic E-state index is 12.7. The minimum Gasteiger partial charge on any atom is -0.508 e. The zero-order valence-corrected chi connectivity index (χ0v) is 15.2. The minimum absolute atomic E-state index is 0.0350. The lowest BCUT2D eigenvalue weighted by atomic mass is 9.92. The molecule has 6 atom stereocenters. The lowest BCUT2D eigenvalue weighted by molar-refractivity contribution is -0.268. The molecule has 0 aliphatic carbocycles. The van der Waals surface area contributed by atoms with Crippen LogP contribution in [0.4, 0.5) is 0 Å². The van der Waals surface area contributed by atoms with E-state index in [4.69, 9.17) is 9.47 Å². The molecule has 1 fully saturated rings. The maximum Gasteiger partial charge on any atom is 0.229 e. The molecule has 0 amide bonds. The van der Waals surface area contributed by atoms with Gasteiger partial charge in [-0.25, -0.2) is 0 Å². The Morgan fingerprint density at radius 2 is 1.72 bits per heavy atom. The number of phenols is 1. The van der Waals surface area contributed by atoms with Crippen LogP contribution in [0.3, 0.4) is 0 Å². The van der Waals surface area contributed by atoms with Crippen LogP contribution in [0.5, 0.6) is 11.5 Å². The van der Waals surface area contributed by atoms with Crippen molar-refractivity contribution in [1.82, 2.24) is 0 Å². The third-order valence-electron chi connectivity index (χ3n) is 4.69. The molecule has 9 heteroatoms. The van der Waals surface area contributed by atoms with Gasteiger partial charge in [-0.3, -0.25) is 4.79 Å². The van der Waals surface area contributed by atoms with Gasteiger partial charge in [0.05, 0.1) is 6.61 Å². The third-order valence-corrected chi connectivity index (χ3v) is 4.69. The fourth-order valence-electron chi connectivity index (χ4n) is 3.07. The van der Waals surface area contributed by atoms with Gasteiger partial charge in [-0.05, 0) is 23.8 Å². The van der Waals surface area contributed by atoms with Crippen molar-refractivity contribution in [2.45, 2.75) is 43.4 Å². The molecule has 0 radical (unpaired) electrons. The van der Waals surface area contributed by atoms with Crippen molar-refractivity contribution in [1.29, 1.82) is 0 Å². The summed E-state index contributed by atoms with van der Waals surface area (Å²) in [5.74, 6) is -1.01. The zero-order valence-electron chi connectivity index (χ0n) is 15.2. The van der Waals surface area contributed by atoms with Crippen LogP contribution in [-0.4, -0.2) is 67.1 Å². The summed E-state index contributed by atoms with van der Waals surface area (Å²) in [5, 5.41) is 59.8. The lowest BCUT2D eigenvalue weighted by Crippen LogP contribution is -2.61. The number of ketones is 1. The molecule has 0 spiro atoms. The van der Waals surface area contributed by atoms with Crippen LogP contribution in [-0.2, 0) is 16.1 Å². The summed E-state index contributed by atoms with van der Waals surface area (Å²) in [6.45, 7) is -0.493. The number of aliphatic hydroxyl groups is 5. The molecule has 156 valence electrons. The summed E-state index contributed by atoms with van der Waals surface area (Å²) in [4.78, 5) is 12.7. The number of aliphatic hydroxyl groups excluding tert-OH is 5. The first kappa shape index (κ1) is 21.2. The molecule has 1 aliphatic heterocycles. The Balaban J connectivity index is 1.82. The van der Waals surface area contributed by atoms with E-state index in [9.17, 15) is 35.4 Å². The number of carbonyl (C=O) groups excluding carboxylic acids is 1. The van der Waals surface area contributed by atoms with E-state index in [1.807, 2.05) is 0 Å². The van der Waals surface area contributed by atoms with Gasteiger partial charge < -0.3 is 40.1 Å². The number of ether oxygens (including phenoxy) is 2. The van der Waals surface area contributed by atoms with Crippen molar-refractivity contribution in [3.63, 3.8) is 0 Å². The minimum atomic E-state index is -1.80. The third kappa shape index (κ3) is 4.40. The van der Waals surface area contributed by atoms with Gasteiger partial charge in [0, 0.05) is 5.56 Å². The summed E-state index contributed by atoms with van der Waals surface area (Å²) in [6.07, 6.45) is -10.2. The average Bonchev–Trinajstić information content (AvgIpc) is 2.74. The normalized spacial score (nSPS) is 28.0. The molecule has 6 N–H and O–H groups in total. The Bertz CT molecular complexity index is 841. The molecule has 3 rings (SSSR count). The first-order chi connectivity index (χ1) is 13.8. The van der Waals surface area contributed by atoms with Gasteiger partial charge in [-0.2, -0.15) is 0 Å². The zero-order chi connectivity index (χ0) is 21.1. The average molecular weight is 406 g/mol. The Kier molecular flexibility index (Phi) is 6.48. The van der Waals surface area contributed by atoms with Crippen LogP contribution in [0.25, 0.3) is 0 Å². The molecular formula is C20H22O9. The smallest absolute Gasteiger partial charge is 0.229 e. The Hall–Kier alpha value is -2.53. The summed E-state index contributed by atoms with van der Waals surface area (Å²) in [5.41, 5.74) is 0.445. The summed E-state index contributed by atoms with van der Waals surface area (Å²) < 4.78 is 10.9. The maximum absolute atomic E-state index is 12.7. The van der Waals surface area contributed by atoms with E-state index in [1.54, 1.807) is 18.2 Å². The van der Waals surface area contributed by atoms with Gasteiger partial charge in [-0.15, -0.1) is 0 Å². The predicted octanol–water partition coefficient (Wildman–Crippen LogP) is -0.626. The van der Waals surface area contributed by atoms with Crippen molar-refractivity contribution in [2.75, 3.05) is 0 Å². The second-order valence-corrected chi connectivity index (χ2v) is 6.68. The number of benzene rings is 2. The molecule has 0 bridgehead atoms. The molecule has 1 heterocycles. The monoisotopic (exact) mass is 406 g/mol. The van der Waals surface area contributed by atoms with E-state index in [-0.39, 0.29) is 22.6 Å². The predicted molar refractivity (Wildman–Crippen MR) is 97.7 cm³/mol. The number of rotatable bonds is 6. The van der Waals surface area contributed by atoms with E-state index in [0.717, 1.165) is 0 Å².